The van der Waals surface area contributed by atoms with Crippen LogP contribution in [0.5, 0.6) is 0 Å². The molecule has 0 saturated heterocycles. The summed E-state index contributed by atoms with van der Waals surface area (Å²) in [5.74, 6) is -1.55. The molecule has 0 heterocycles. The third-order valence-corrected chi connectivity index (χ3v) is 6.18. The highest BCUT2D eigenvalue weighted by atomic mass is 19.4. The summed E-state index contributed by atoms with van der Waals surface area (Å²) in [6.07, 6.45) is -10.9. The molecule has 1 atom stereocenters. The van der Waals surface area contributed by atoms with E-state index < -0.39 is 65.3 Å². The van der Waals surface area contributed by atoms with Crippen molar-refractivity contribution in [1.29, 1.82) is 0 Å². The topological polar surface area (TPSA) is 117 Å². The number of hydrogen-bond donors (Lipinski definition) is 4. The lowest BCUT2D eigenvalue weighted by Gasteiger charge is -2.20. The van der Waals surface area contributed by atoms with Gasteiger partial charge in [-0.25, -0.2) is 4.79 Å². The first-order chi connectivity index (χ1) is 20.9. The zero-order chi connectivity index (χ0) is 33.6. The third kappa shape index (κ3) is 10.5. The van der Waals surface area contributed by atoms with Gasteiger partial charge in [0.2, 0.25) is 0 Å². The van der Waals surface area contributed by atoms with Crippen molar-refractivity contribution in [2.45, 2.75) is 57.7 Å². The lowest BCUT2D eigenvalue weighted by Crippen LogP contribution is -2.39. The van der Waals surface area contributed by atoms with Crippen molar-refractivity contribution in [2.75, 3.05) is 11.9 Å². The van der Waals surface area contributed by atoms with Crippen molar-refractivity contribution in [1.82, 2.24) is 10.6 Å². The molecule has 242 valence electrons. The van der Waals surface area contributed by atoms with E-state index in [1.54, 1.807) is 39.0 Å². The van der Waals surface area contributed by atoms with Crippen LogP contribution in [-0.2, 0) is 30.1 Å². The van der Waals surface area contributed by atoms with Gasteiger partial charge in [-0.05, 0) is 74.7 Å². The second-order valence-corrected chi connectivity index (χ2v) is 11.0. The van der Waals surface area contributed by atoms with Gasteiger partial charge in [0.15, 0.2) is 0 Å². The van der Waals surface area contributed by atoms with Gasteiger partial charge in [-0.3, -0.25) is 9.59 Å². The monoisotopic (exact) mass is 639 g/mol. The van der Waals surface area contributed by atoms with E-state index in [0.717, 1.165) is 0 Å². The number of alkyl carbamates (subject to hydrolysis) is 1. The Labute approximate surface area is 254 Å². The predicted octanol–water partition coefficient (Wildman–Crippen LogP) is 6.33. The van der Waals surface area contributed by atoms with Gasteiger partial charge in [-0.15, -0.1) is 0 Å². The number of benzene rings is 3. The maximum atomic E-state index is 13.2. The van der Waals surface area contributed by atoms with Crippen LogP contribution in [0.1, 0.15) is 63.7 Å². The number of aliphatic hydroxyl groups excluding tert-OH is 1. The first-order valence-corrected chi connectivity index (χ1v) is 13.5. The highest BCUT2D eigenvalue weighted by Crippen LogP contribution is 2.37. The highest BCUT2D eigenvalue weighted by Gasteiger charge is 2.37. The second-order valence-electron chi connectivity index (χ2n) is 11.0. The molecule has 3 aromatic rings. The first-order valence-electron chi connectivity index (χ1n) is 13.5. The molecule has 0 bridgehead atoms. The number of carbonyl (C=O) groups is 3. The number of carbonyl (C=O) groups excluding carboxylic acids is 3. The number of nitrogens with one attached hydrogen (secondary N) is 3. The number of rotatable bonds is 9. The maximum Gasteiger partial charge on any atom is 0.416 e. The van der Waals surface area contributed by atoms with Crippen LogP contribution in [0, 0.1) is 0 Å². The fourth-order valence-corrected chi connectivity index (χ4v) is 4.10. The molecular weight excluding hydrogens is 608 g/mol. The van der Waals surface area contributed by atoms with Crippen LogP contribution in [0.2, 0.25) is 0 Å². The van der Waals surface area contributed by atoms with E-state index in [1.807, 2.05) is 0 Å². The van der Waals surface area contributed by atoms with E-state index >= 15 is 0 Å². The van der Waals surface area contributed by atoms with E-state index in [0.29, 0.717) is 17.7 Å². The lowest BCUT2D eigenvalue weighted by atomic mass is 9.99. The molecule has 3 amide bonds. The van der Waals surface area contributed by atoms with E-state index in [1.165, 1.54) is 30.3 Å². The predicted molar refractivity (Wildman–Crippen MR) is 152 cm³/mol. The number of amides is 3. The molecule has 0 spiro atoms. The van der Waals surface area contributed by atoms with Crippen molar-refractivity contribution in [3.8, 4) is 0 Å². The number of alkyl halides is 6. The summed E-state index contributed by atoms with van der Waals surface area (Å²) in [5, 5.41) is 17.2. The Kier molecular flexibility index (Phi) is 10.9. The van der Waals surface area contributed by atoms with E-state index in [4.69, 9.17) is 4.74 Å². The maximum absolute atomic E-state index is 13.2. The van der Waals surface area contributed by atoms with Gasteiger partial charge < -0.3 is 25.8 Å². The summed E-state index contributed by atoms with van der Waals surface area (Å²) < 4.78 is 84.6. The van der Waals surface area contributed by atoms with Crippen LogP contribution in [0.25, 0.3) is 0 Å². The van der Waals surface area contributed by atoms with Crippen molar-refractivity contribution < 1.29 is 50.6 Å². The molecule has 0 fully saturated rings. The van der Waals surface area contributed by atoms with Crippen molar-refractivity contribution in [3.63, 3.8) is 0 Å². The zero-order valence-corrected chi connectivity index (χ0v) is 24.4. The van der Waals surface area contributed by atoms with Crippen LogP contribution in [-0.4, -0.2) is 41.3 Å². The second kappa shape index (κ2) is 14.0. The zero-order valence-electron chi connectivity index (χ0n) is 24.4. The Bertz CT molecular complexity index is 1480. The minimum Gasteiger partial charge on any atom is -0.444 e. The van der Waals surface area contributed by atoms with E-state index in [2.05, 4.69) is 16.0 Å². The Hall–Kier alpha value is -4.59. The van der Waals surface area contributed by atoms with Crippen LogP contribution >= 0.6 is 0 Å². The van der Waals surface area contributed by atoms with Crippen LogP contribution in [0.3, 0.4) is 0 Å². The average Bonchev–Trinajstić information content (AvgIpc) is 2.94. The minimum absolute atomic E-state index is 0.0490. The van der Waals surface area contributed by atoms with Gasteiger partial charge in [0.1, 0.15) is 5.60 Å². The molecule has 8 nitrogen and oxygen atoms in total. The smallest absolute Gasteiger partial charge is 0.416 e. The largest absolute Gasteiger partial charge is 0.444 e. The molecule has 0 unspecified atom stereocenters. The Balaban J connectivity index is 1.70. The standard InChI is InChI=1S/C31H31F6N3O5/c1-29(2,3)45-28(44)38-16-18-8-10-19(11-9-18)26(42)40-24(17-41)12-20-6-4-5-7-25(20)27(43)39-23-14-21(30(32,33)34)13-22(15-23)31(35,36)37/h4-11,13-15,24,41H,12,16-17H2,1-3H3,(H,38,44)(H,39,43)(H,40,42)/t24-/m1/s1. The van der Waals surface area contributed by atoms with Gasteiger partial charge in [0.25, 0.3) is 11.8 Å². The molecule has 0 saturated carbocycles. The third-order valence-electron chi connectivity index (χ3n) is 6.18. The summed E-state index contributed by atoms with van der Waals surface area (Å²) in [4.78, 5) is 37.7. The quantitative estimate of drug-likeness (QED) is 0.204. The Morgan fingerprint density at radius 3 is 1.93 bits per heavy atom. The molecule has 0 radical (unpaired) electrons. The number of ether oxygens (including phenoxy) is 1. The summed E-state index contributed by atoms with van der Waals surface area (Å²) in [6.45, 7) is 4.77. The molecule has 4 N–H and O–H groups in total. The number of hydrogen-bond acceptors (Lipinski definition) is 5. The Morgan fingerprint density at radius 1 is 0.822 bits per heavy atom. The molecular formula is C31H31F6N3O5. The average molecular weight is 640 g/mol. The molecule has 0 aliphatic heterocycles. The summed E-state index contributed by atoms with van der Waals surface area (Å²) >= 11 is 0. The number of aliphatic hydroxyl groups is 1. The highest BCUT2D eigenvalue weighted by molar-refractivity contribution is 6.05. The van der Waals surface area contributed by atoms with E-state index in [9.17, 15) is 45.8 Å². The van der Waals surface area contributed by atoms with Crippen molar-refractivity contribution in [3.05, 3.63) is 100 Å². The normalized spacial score (nSPS) is 12.7. The van der Waals surface area contributed by atoms with Crippen LogP contribution in [0.4, 0.5) is 36.8 Å². The first kappa shape index (κ1) is 34.9. The van der Waals surface area contributed by atoms with Crippen molar-refractivity contribution in [2.24, 2.45) is 0 Å². The van der Waals surface area contributed by atoms with Gasteiger partial charge >= 0.3 is 18.4 Å². The number of anilines is 1. The van der Waals surface area contributed by atoms with Crippen molar-refractivity contribution >= 4 is 23.6 Å². The van der Waals surface area contributed by atoms with E-state index in [-0.39, 0.29) is 35.7 Å². The number of halogens is 6. The molecule has 0 aliphatic carbocycles. The van der Waals surface area contributed by atoms with Gasteiger partial charge in [0, 0.05) is 23.4 Å². The summed E-state index contributed by atoms with van der Waals surface area (Å²) in [7, 11) is 0. The minimum atomic E-state index is -5.09. The van der Waals surface area contributed by atoms with Gasteiger partial charge in [-0.2, -0.15) is 26.3 Å². The van der Waals surface area contributed by atoms with Crippen LogP contribution < -0.4 is 16.0 Å². The summed E-state index contributed by atoms with van der Waals surface area (Å²) in [5.41, 5.74) is -3.46. The fraction of sp³-hybridized carbons (Fsp3) is 0.323. The molecule has 3 aromatic carbocycles. The molecule has 0 aromatic heterocycles. The molecule has 14 heteroatoms. The molecule has 3 rings (SSSR count). The Morgan fingerprint density at radius 2 is 1.40 bits per heavy atom. The fourth-order valence-electron chi connectivity index (χ4n) is 4.10. The lowest BCUT2D eigenvalue weighted by molar-refractivity contribution is -0.143. The van der Waals surface area contributed by atoms with Crippen LogP contribution in [0.15, 0.2) is 66.7 Å². The SMILES string of the molecule is CC(C)(C)OC(=O)NCc1ccc(C(=O)N[C@@H](CO)Cc2ccccc2C(=O)Nc2cc(C(F)(F)F)cc(C(F)(F)F)c2)cc1. The molecule has 0 aliphatic rings. The summed E-state index contributed by atoms with van der Waals surface area (Å²) in [6, 6.07) is 11.8. The molecule has 45 heavy (non-hydrogen) atoms. The van der Waals surface area contributed by atoms with Gasteiger partial charge in [-0.1, -0.05) is 30.3 Å². The van der Waals surface area contributed by atoms with Gasteiger partial charge in [0.05, 0.1) is 23.8 Å².